The SMILES string of the molecule is CC(C(=O)N1CCCC[C@H]1c1cccnc1)n1cnc2ccccc2c1=O. The number of rotatable bonds is 3. The van der Waals surface area contributed by atoms with Gasteiger partial charge in [0.15, 0.2) is 0 Å². The van der Waals surface area contributed by atoms with Crippen LogP contribution in [0.5, 0.6) is 0 Å². The Morgan fingerprint density at radius 3 is 2.85 bits per heavy atom. The van der Waals surface area contributed by atoms with E-state index in [1.165, 1.54) is 10.9 Å². The molecule has 4 rings (SSSR count). The Kier molecular flexibility index (Phi) is 4.71. The van der Waals surface area contributed by atoms with E-state index < -0.39 is 6.04 Å². The lowest BCUT2D eigenvalue weighted by Gasteiger charge is -2.37. The molecule has 0 bridgehead atoms. The van der Waals surface area contributed by atoms with Crippen molar-refractivity contribution in [1.29, 1.82) is 0 Å². The number of para-hydroxylation sites is 1. The molecule has 3 heterocycles. The summed E-state index contributed by atoms with van der Waals surface area (Å²) < 4.78 is 1.44. The Balaban J connectivity index is 1.67. The van der Waals surface area contributed by atoms with E-state index in [1.54, 1.807) is 25.3 Å². The summed E-state index contributed by atoms with van der Waals surface area (Å²) in [5, 5.41) is 0.530. The minimum absolute atomic E-state index is 0.00603. The van der Waals surface area contributed by atoms with Gasteiger partial charge in [0.05, 0.1) is 23.3 Å². The normalized spacial score (nSPS) is 18.4. The second kappa shape index (κ2) is 7.31. The lowest BCUT2D eigenvalue weighted by atomic mass is 9.95. The number of hydrogen-bond donors (Lipinski definition) is 0. The van der Waals surface area contributed by atoms with Gasteiger partial charge in [-0.2, -0.15) is 0 Å². The monoisotopic (exact) mass is 362 g/mol. The Morgan fingerprint density at radius 1 is 1.19 bits per heavy atom. The highest BCUT2D eigenvalue weighted by molar-refractivity contribution is 5.82. The topological polar surface area (TPSA) is 68.1 Å². The molecule has 0 radical (unpaired) electrons. The van der Waals surface area contributed by atoms with Crippen LogP contribution in [0.25, 0.3) is 10.9 Å². The predicted molar refractivity (Wildman–Crippen MR) is 103 cm³/mol. The van der Waals surface area contributed by atoms with E-state index in [2.05, 4.69) is 9.97 Å². The maximum absolute atomic E-state index is 13.3. The maximum atomic E-state index is 13.3. The molecule has 1 unspecified atom stereocenters. The van der Waals surface area contributed by atoms with E-state index >= 15 is 0 Å². The van der Waals surface area contributed by atoms with E-state index in [0.717, 1.165) is 24.8 Å². The third kappa shape index (κ3) is 3.23. The molecule has 27 heavy (non-hydrogen) atoms. The number of benzene rings is 1. The first-order valence-corrected chi connectivity index (χ1v) is 9.33. The average Bonchev–Trinajstić information content (AvgIpc) is 2.74. The van der Waals surface area contributed by atoms with Crippen molar-refractivity contribution in [3.05, 3.63) is 71.0 Å². The van der Waals surface area contributed by atoms with Gasteiger partial charge in [0.2, 0.25) is 5.91 Å². The van der Waals surface area contributed by atoms with Crippen LogP contribution in [0.1, 0.15) is 43.8 Å². The van der Waals surface area contributed by atoms with Crippen LogP contribution in [0.3, 0.4) is 0 Å². The zero-order valence-corrected chi connectivity index (χ0v) is 15.3. The van der Waals surface area contributed by atoms with Crippen LogP contribution in [0.2, 0.25) is 0 Å². The van der Waals surface area contributed by atoms with E-state index in [9.17, 15) is 9.59 Å². The highest BCUT2D eigenvalue weighted by Crippen LogP contribution is 2.32. The summed E-state index contributed by atoms with van der Waals surface area (Å²) in [6, 6.07) is 10.5. The van der Waals surface area contributed by atoms with Crippen LogP contribution in [0, 0.1) is 0 Å². The summed E-state index contributed by atoms with van der Waals surface area (Å²) in [4.78, 5) is 36.6. The summed E-state index contributed by atoms with van der Waals surface area (Å²) in [5.74, 6) is -0.0530. The molecule has 0 N–H and O–H groups in total. The molecule has 2 atom stereocenters. The number of hydrogen-bond acceptors (Lipinski definition) is 4. The van der Waals surface area contributed by atoms with Gasteiger partial charge in [-0.05, 0) is 49.9 Å². The van der Waals surface area contributed by atoms with Gasteiger partial charge in [-0.25, -0.2) is 4.98 Å². The number of carbonyl (C=O) groups excluding carboxylic acids is 1. The molecule has 1 aromatic carbocycles. The van der Waals surface area contributed by atoms with Crippen LogP contribution in [0.4, 0.5) is 0 Å². The largest absolute Gasteiger partial charge is 0.334 e. The van der Waals surface area contributed by atoms with Crippen LogP contribution < -0.4 is 5.56 Å². The standard InChI is InChI=1S/C21H22N4O2/c1-15(25-14-23-18-9-3-2-8-17(18)21(25)27)20(26)24-12-5-4-10-19(24)16-7-6-11-22-13-16/h2-3,6-9,11,13-15,19H,4-5,10,12H2,1H3/t15?,19-/m0/s1. The van der Waals surface area contributed by atoms with Crippen LogP contribution >= 0.6 is 0 Å². The van der Waals surface area contributed by atoms with Crippen molar-refractivity contribution in [2.24, 2.45) is 0 Å². The van der Waals surface area contributed by atoms with Gasteiger partial charge in [0.25, 0.3) is 5.56 Å². The van der Waals surface area contributed by atoms with Gasteiger partial charge >= 0.3 is 0 Å². The highest BCUT2D eigenvalue weighted by atomic mass is 16.2. The second-order valence-electron chi connectivity index (χ2n) is 6.98. The van der Waals surface area contributed by atoms with E-state index in [4.69, 9.17) is 0 Å². The van der Waals surface area contributed by atoms with Crippen LogP contribution in [0.15, 0.2) is 59.9 Å². The molecule has 0 saturated carbocycles. The molecule has 1 aliphatic rings. The first-order chi connectivity index (χ1) is 13.2. The Morgan fingerprint density at radius 2 is 2.04 bits per heavy atom. The molecule has 6 heteroatoms. The van der Waals surface area contributed by atoms with Crippen molar-refractivity contribution in [3.63, 3.8) is 0 Å². The fourth-order valence-corrected chi connectivity index (χ4v) is 3.83. The smallest absolute Gasteiger partial charge is 0.261 e. The average molecular weight is 362 g/mol. The van der Waals surface area contributed by atoms with Gasteiger partial charge < -0.3 is 4.90 Å². The van der Waals surface area contributed by atoms with Gasteiger partial charge in [-0.15, -0.1) is 0 Å². The van der Waals surface area contributed by atoms with Crippen molar-refractivity contribution in [2.75, 3.05) is 6.54 Å². The predicted octanol–water partition coefficient (Wildman–Crippen LogP) is 3.11. The first-order valence-electron chi connectivity index (χ1n) is 9.33. The fraction of sp³-hybridized carbons (Fsp3) is 0.333. The van der Waals surface area contributed by atoms with Gasteiger partial charge in [-0.3, -0.25) is 19.1 Å². The third-order valence-corrected chi connectivity index (χ3v) is 5.32. The Bertz CT molecular complexity index is 1020. The van der Waals surface area contributed by atoms with E-state index in [1.807, 2.05) is 35.4 Å². The number of amides is 1. The molecule has 138 valence electrons. The number of nitrogens with zero attached hydrogens (tertiary/aromatic N) is 4. The van der Waals surface area contributed by atoms with Crippen molar-refractivity contribution >= 4 is 16.8 Å². The molecule has 1 saturated heterocycles. The zero-order valence-electron chi connectivity index (χ0n) is 15.3. The summed E-state index contributed by atoms with van der Waals surface area (Å²) in [6.45, 7) is 2.47. The molecule has 6 nitrogen and oxygen atoms in total. The van der Waals surface area contributed by atoms with Crippen molar-refractivity contribution in [1.82, 2.24) is 19.4 Å². The number of carbonyl (C=O) groups is 1. The maximum Gasteiger partial charge on any atom is 0.261 e. The molecule has 1 fully saturated rings. The molecule has 1 amide bonds. The van der Waals surface area contributed by atoms with Crippen molar-refractivity contribution < 1.29 is 4.79 Å². The molecule has 2 aromatic heterocycles. The summed E-state index contributed by atoms with van der Waals surface area (Å²) in [5.41, 5.74) is 1.50. The van der Waals surface area contributed by atoms with Crippen molar-refractivity contribution in [3.8, 4) is 0 Å². The van der Waals surface area contributed by atoms with Gasteiger partial charge in [-0.1, -0.05) is 18.2 Å². The van der Waals surface area contributed by atoms with E-state index in [0.29, 0.717) is 17.4 Å². The fourth-order valence-electron chi connectivity index (χ4n) is 3.83. The zero-order chi connectivity index (χ0) is 18.8. The van der Waals surface area contributed by atoms with Crippen molar-refractivity contribution in [2.45, 2.75) is 38.3 Å². The number of fused-ring (bicyclic) bond motifs is 1. The third-order valence-electron chi connectivity index (χ3n) is 5.32. The minimum atomic E-state index is -0.605. The number of pyridine rings is 1. The minimum Gasteiger partial charge on any atom is -0.334 e. The Labute approximate surface area is 157 Å². The van der Waals surface area contributed by atoms with Gasteiger partial charge in [0, 0.05) is 18.9 Å². The molecule has 1 aliphatic heterocycles. The quantitative estimate of drug-likeness (QED) is 0.718. The summed E-state index contributed by atoms with van der Waals surface area (Å²) >= 11 is 0. The molecule has 0 aliphatic carbocycles. The molecular formula is C21H22N4O2. The number of likely N-dealkylation sites (tertiary alicyclic amines) is 1. The molecular weight excluding hydrogens is 340 g/mol. The van der Waals surface area contributed by atoms with Crippen LogP contribution in [-0.4, -0.2) is 31.9 Å². The second-order valence-corrected chi connectivity index (χ2v) is 6.98. The van der Waals surface area contributed by atoms with Crippen LogP contribution in [-0.2, 0) is 4.79 Å². The lowest BCUT2D eigenvalue weighted by Crippen LogP contribution is -2.43. The molecule has 3 aromatic rings. The highest BCUT2D eigenvalue weighted by Gasteiger charge is 2.32. The molecule has 0 spiro atoms. The Hall–Kier alpha value is -3.02. The number of piperidine rings is 1. The summed E-state index contributed by atoms with van der Waals surface area (Å²) in [7, 11) is 0. The lowest BCUT2D eigenvalue weighted by molar-refractivity contribution is -0.138. The summed E-state index contributed by atoms with van der Waals surface area (Å²) in [6.07, 6.45) is 8.01. The van der Waals surface area contributed by atoms with E-state index in [-0.39, 0.29) is 17.5 Å². The van der Waals surface area contributed by atoms with Gasteiger partial charge in [0.1, 0.15) is 6.04 Å². The first kappa shape index (κ1) is 17.4. The number of aromatic nitrogens is 3.